The van der Waals surface area contributed by atoms with Crippen molar-refractivity contribution in [2.75, 3.05) is 10.6 Å². The van der Waals surface area contributed by atoms with E-state index in [2.05, 4.69) is 15.7 Å². The summed E-state index contributed by atoms with van der Waals surface area (Å²) in [6.07, 6.45) is 0. The van der Waals surface area contributed by atoms with E-state index < -0.39 is 11.5 Å². The molecule has 0 aliphatic heterocycles. The fraction of sp³-hybridized carbons (Fsp3) is 0. The van der Waals surface area contributed by atoms with Crippen LogP contribution in [0, 0.1) is 11.3 Å². The van der Waals surface area contributed by atoms with Crippen molar-refractivity contribution in [2.45, 2.75) is 0 Å². The Kier molecular flexibility index (Phi) is 5.07. The number of carbonyl (C=O) groups is 2. The SMILES string of the molecule is N#Cc1cc(NC(=O)c2ccccc2)c(=O)n2nc(NC(=O)c3ccccc3)sc12. The Morgan fingerprint density at radius 2 is 1.50 bits per heavy atom. The molecule has 0 spiro atoms. The molecule has 0 fully saturated rings. The number of amides is 2. The summed E-state index contributed by atoms with van der Waals surface area (Å²) in [4.78, 5) is 37.8. The molecule has 2 N–H and O–H groups in total. The van der Waals surface area contributed by atoms with Crippen molar-refractivity contribution >= 4 is 38.8 Å². The molecule has 0 radical (unpaired) electrons. The lowest BCUT2D eigenvalue weighted by Crippen LogP contribution is -2.23. The van der Waals surface area contributed by atoms with Crippen molar-refractivity contribution in [1.82, 2.24) is 9.61 Å². The Hall–Kier alpha value is -4.29. The number of anilines is 2. The normalized spacial score (nSPS) is 10.4. The highest BCUT2D eigenvalue weighted by molar-refractivity contribution is 7.21. The minimum Gasteiger partial charge on any atom is -0.317 e. The molecule has 0 aliphatic rings. The van der Waals surface area contributed by atoms with E-state index in [0.29, 0.717) is 11.1 Å². The summed E-state index contributed by atoms with van der Waals surface area (Å²) in [5.41, 5.74) is 0.263. The fourth-order valence-electron chi connectivity index (χ4n) is 2.74. The van der Waals surface area contributed by atoms with Gasteiger partial charge in [-0.1, -0.05) is 47.7 Å². The molecule has 0 aliphatic carbocycles. The molecule has 2 aromatic carbocycles. The summed E-state index contributed by atoms with van der Waals surface area (Å²) in [7, 11) is 0. The van der Waals surface area contributed by atoms with Crippen molar-refractivity contribution < 1.29 is 9.59 Å². The predicted octanol–water partition coefficient (Wildman–Crippen LogP) is 3.13. The maximum atomic E-state index is 12.8. The first-order valence-corrected chi connectivity index (χ1v) is 9.58. The number of pyridine rings is 1. The van der Waals surface area contributed by atoms with Gasteiger partial charge in [0.1, 0.15) is 16.6 Å². The van der Waals surface area contributed by atoms with Crippen LogP contribution < -0.4 is 16.2 Å². The van der Waals surface area contributed by atoms with Gasteiger partial charge in [-0.25, -0.2) is 0 Å². The number of nitriles is 1. The lowest BCUT2D eigenvalue weighted by Gasteiger charge is -2.05. The summed E-state index contributed by atoms with van der Waals surface area (Å²) in [5.74, 6) is -0.872. The first kappa shape index (κ1) is 19.0. The average molecular weight is 415 g/mol. The van der Waals surface area contributed by atoms with Gasteiger partial charge in [0.25, 0.3) is 17.4 Å². The number of benzene rings is 2. The molecule has 0 atom stereocenters. The fourth-order valence-corrected chi connectivity index (χ4v) is 3.62. The predicted molar refractivity (Wildman–Crippen MR) is 113 cm³/mol. The molecule has 4 rings (SSSR count). The van der Waals surface area contributed by atoms with Crippen LogP contribution in [-0.4, -0.2) is 21.4 Å². The third-order valence-corrected chi connectivity index (χ3v) is 5.14. The van der Waals surface area contributed by atoms with Crippen LogP contribution in [0.4, 0.5) is 10.8 Å². The minimum absolute atomic E-state index is 0.0795. The Morgan fingerprint density at radius 1 is 0.933 bits per heavy atom. The van der Waals surface area contributed by atoms with Crippen molar-refractivity contribution in [2.24, 2.45) is 0 Å². The molecule has 146 valence electrons. The van der Waals surface area contributed by atoms with Gasteiger partial charge in [0.05, 0.1) is 5.56 Å². The highest BCUT2D eigenvalue weighted by Gasteiger charge is 2.18. The van der Waals surface area contributed by atoms with Gasteiger partial charge in [0.15, 0.2) is 0 Å². The first-order chi connectivity index (χ1) is 14.6. The summed E-state index contributed by atoms with van der Waals surface area (Å²) >= 11 is 0.994. The monoisotopic (exact) mass is 415 g/mol. The third-order valence-electron chi connectivity index (χ3n) is 4.18. The van der Waals surface area contributed by atoms with E-state index in [-0.39, 0.29) is 27.1 Å². The van der Waals surface area contributed by atoms with Gasteiger partial charge in [0.2, 0.25) is 5.13 Å². The molecule has 0 saturated heterocycles. The lowest BCUT2D eigenvalue weighted by molar-refractivity contribution is 0.101. The van der Waals surface area contributed by atoms with E-state index in [1.807, 2.05) is 6.07 Å². The molecule has 4 aromatic rings. The highest BCUT2D eigenvalue weighted by Crippen LogP contribution is 2.24. The van der Waals surface area contributed by atoms with Crippen molar-refractivity contribution in [3.63, 3.8) is 0 Å². The number of hydrogen-bond acceptors (Lipinski definition) is 6. The topological polar surface area (TPSA) is 116 Å². The summed E-state index contributed by atoms with van der Waals surface area (Å²) < 4.78 is 1.00. The van der Waals surface area contributed by atoms with Crippen molar-refractivity contribution in [1.29, 1.82) is 5.26 Å². The molecule has 2 heterocycles. The van der Waals surface area contributed by atoms with Crippen LogP contribution in [0.3, 0.4) is 0 Å². The van der Waals surface area contributed by atoms with E-state index in [0.717, 1.165) is 15.9 Å². The zero-order chi connectivity index (χ0) is 21.1. The molecular weight excluding hydrogens is 402 g/mol. The second kappa shape index (κ2) is 7.98. The van der Waals surface area contributed by atoms with Gasteiger partial charge < -0.3 is 5.32 Å². The first-order valence-electron chi connectivity index (χ1n) is 8.76. The van der Waals surface area contributed by atoms with Gasteiger partial charge in [-0.3, -0.25) is 19.7 Å². The summed E-state index contributed by atoms with van der Waals surface area (Å²) in [6, 6.07) is 20.2. The lowest BCUT2D eigenvalue weighted by atomic mass is 10.2. The molecular formula is C21H13N5O3S. The Morgan fingerprint density at radius 3 is 2.07 bits per heavy atom. The quantitative estimate of drug-likeness (QED) is 0.531. The molecule has 2 amide bonds. The van der Waals surface area contributed by atoms with Crippen LogP contribution in [0.5, 0.6) is 0 Å². The van der Waals surface area contributed by atoms with Gasteiger partial charge >= 0.3 is 0 Å². The van der Waals surface area contributed by atoms with E-state index in [4.69, 9.17) is 0 Å². The third kappa shape index (κ3) is 3.67. The number of nitrogens with zero attached hydrogens (tertiary/aromatic N) is 3. The van der Waals surface area contributed by atoms with Gasteiger partial charge in [0, 0.05) is 11.1 Å². The number of hydrogen-bond donors (Lipinski definition) is 2. The number of rotatable bonds is 4. The van der Waals surface area contributed by atoms with E-state index >= 15 is 0 Å². The standard InChI is InChI=1S/C21H13N5O3S/c22-12-15-11-16(23-17(27)13-7-3-1-4-8-13)19(29)26-20(15)30-21(25-26)24-18(28)14-9-5-2-6-10-14/h1-11H,(H,23,27)(H,24,25,28). The van der Waals surface area contributed by atoms with Crippen LogP contribution in [0.2, 0.25) is 0 Å². The zero-order valence-corrected chi connectivity index (χ0v) is 16.1. The number of fused-ring (bicyclic) bond motifs is 1. The molecule has 8 nitrogen and oxygen atoms in total. The van der Waals surface area contributed by atoms with E-state index in [9.17, 15) is 19.6 Å². The van der Waals surface area contributed by atoms with E-state index in [1.165, 1.54) is 6.07 Å². The zero-order valence-electron chi connectivity index (χ0n) is 15.3. The van der Waals surface area contributed by atoms with Crippen molar-refractivity contribution in [3.8, 4) is 6.07 Å². The Bertz CT molecular complexity index is 1350. The Labute approximate surface area is 174 Å². The van der Waals surface area contributed by atoms with Crippen LogP contribution in [-0.2, 0) is 0 Å². The largest absolute Gasteiger partial charge is 0.317 e. The van der Waals surface area contributed by atoms with E-state index in [1.54, 1.807) is 60.7 Å². The van der Waals surface area contributed by atoms with Gasteiger partial charge in [-0.2, -0.15) is 9.78 Å². The number of aromatic nitrogens is 2. The molecule has 0 unspecified atom stereocenters. The highest BCUT2D eigenvalue weighted by atomic mass is 32.1. The van der Waals surface area contributed by atoms with Gasteiger partial charge in [-0.15, -0.1) is 5.10 Å². The van der Waals surface area contributed by atoms with Crippen LogP contribution in [0.15, 0.2) is 71.5 Å². The molecule has 0 saturated carbocycles. The second-order valence-electron chi connectivity index (χ2n) is 6.15. The number of nitrogens with one attached hydrogen (secondary N) is 2. The minimum atomic E-state index is -0.607. The number of carbonyl (C=O) groups excluding carboxylic acids is 2. The van der Waals surface area contributed by atoms with Crippen LogP contribution >= 0.6 is 11.3 Å². The van der Waals surface area contributed by atoms with Crippen LogP contribution in [0.1, 0.15) is 26.3 Å². The van der Waals surface area contributed by atoms with Gasteiger partial charge in [-0.05, 0) is 30.3 Å². The molecule has 30 heavy (non-hydrogen) atoms. The second-order valence-corrected chi connectivity index (χ2v) is 7.13. The molecule has 9 heteroatoms. The molecule has 0 bridgehead atoms. The average Bonchev–Trinajstić information content (AvgIpc) is 3.21. The van der Waals surface area contributed by atoms with Crippen LogP contribution in [0.25, 0.3) is 4.83 Å². The Balaban J connectivity index is 1.69. The van der Waals surface area contributed by atoms with Crippen molar-refractivity contribution in [3.05, 3.63) is 93.8 Å². The molecule has 2 aromatic heterocycles. The summed E-state index contributed by atoms with van der Waals surface area (Å²) in [6.45, 7) is 0. The maximum Gasteiger partial charge on any atom is 0.296 e. The maximum absolute atomic E-state index is 12.8. The smallest absolute Gasteiger partial charge is 0.296 e. The summed E-state index contributed by atoms with van der Waals surface area (Å²) in [5, 5.41) is 18.9.